The molecule has 8 nitrogen and oxygen atoms in total. The maximum Gasteiger partial charge on any atom is 0.437 e. The molecule has 144 valence electrons. The number of nitrogens with one attached hydrogen (secondary N) is 1. The SMILES string of the molecule is Cc1nc2ccccc2n1CCNC(=O)CCn1nc(-c2cccs2)oc1=O. The quantitative estimate of drug-likeness (QED) is 0.517. The molecule has 0 atom stereocenters. The zero-order valence-corrected chi connectivity index (χ0v) is 16.1. The van der Waals surface area contributed by atoms with Crippen molar-refractivity contribution in [3.05, 3.63) is 58.2 Å². The summed E-state index contributed by atoms with van der Waals surface area (Å²) in [5.74, 6) is 0.486. The van der Waals surface area contributed by atoms with Crippen LogP contribution in [0.3, 0.4) is 0 Å². The lowest BCUT2D eigenvalue weighted by Gasteiger charge is -2.08. The molecule has 0 spiro atoms. The summed E-state index contributed by atoms with van der Waals surface area (Å²) in [5.41, 5.74) is 1.99. The number of para-hydroxylation sites is 2. The van der Waals surface area contributed by atoms with Gasteiger partial charge in [-0.15, -0.1) is 16.4 Å². The largest absolute Gasteiger partial charge is 0.437 e. The van der Waals surface area contributed by atoms with Crippen molar-refractivity contribution in [1.29, 1.82) is 0 Å². The van der Waals surface area contributed by atoms with E-state index in [1.165, 1.54) is 16.0 Å². The summed E-state index contributed by atoms with van der Waals surface area (Å²) in [6, 6.07) is 11.6. The van der Waals surface area contributed by atoms with E-state index in [0.29, 0.717) is 13.1 Å². The summed E-state index contributed by atoms with van der Waals surface area (Å²) in [5, 5.41) is 8.91. The third kappa shape index (κ3) is 3.74. The number of aryl methyl sites for hydroxylation is 2. The van der Waals surface area contributed by atoms with Gasteiger partial charge in [0.05, 0.1) is 22.5 Å². The van der Waals surface area contributed by atoms with Crippen LogP contribution in [0, 0.1) is 6.92 Å². The highest BCUT2D eigenvalue weighted by molar-refractivity contribution is 7.13. The van der Waals surface area contributed by atoms with E-state index in [4.69, 9.17) is 4.42 Å². The van der Waals surface area contributed by atoms with E-state index in [-0.39, 0.29) is 24.8 Å². The van der Waals surface area contributed by atoms with Crippen LogP contribution in [0.1, 0.15) is 12.2 Å². The van der Waals surface area contributed by atoms with Crippen LogP contribution < -0.4 is 11.1 Å². The first kappa shape index (κ1) is 18.2. The molecular formula is C19H19N5O3S. The third-order valence-electron chi connectivity index (χ3n) is 4.39. The molecule has 9 heteroatoms. The van der Waals surface area contributed by atoms with Crippen LogP contribution in [-0.2, 0) is 17.9 Å². The highest BCUT2D eigenvalue weighted by Gasteiger charge is 2.12. The molecule has 0 aliphatic carbocycles. The molecule has 1 amide bonds. The van der Waals surface area contributed by atoms with Crippen molar-refractivity contribution in [3.8, 4) is 10.8 Å². The second-order valence-electron chi connectivity index (χ2n) is 6.27. The molecule has 3 aromatic heterocycles. The van der Waals surface area contributed by atoms with Crippen molar-refractivity contribution in [2.75, 3.05) is 6.54 Å². The number of benzene rings is 1. The Morgan fingerprint density at radius 3 is 2.89 bits per heavy atom. The number of hydrogen-bond acceptors (Lipinski definition) is 6. The van der Waals surface area contributed by atoms with Gasteiger partial charge in [-0.25, -0.2) is 9.78 Å². The number of thiophene rings is 1. The Labute approximate surface area is 164 Å². The lowest BCUT2D eigenvalue weighted by atomic mass is 10.3. The topological polar surface area (TPSA) is 95.0 Å². The Morgan fingerprint density at radius 1 is 1.21 bits per heavy atom. The molecule has 1 aromatic carbocycles. The predicted molar refractivity (Wildman–Crippen MR) is 106 cm³/mol. The zero-order valence-electron chi connectivity index (χ0n) is 15.3. The molecule has 3 heterocycles. The molecule has 4 aromatic rings. The van der Waals surface area contributed by atoms with Gasteiger partial charge >= 0.3 is 5.76 Å². The Balaban J connectivity index is 1.31. The number of fused-ring (bicyclic) bond motifs is 1. The van der Waals surface area contributed by atoms with Crippen molar-refractivity contribution in [2.24, 2.45) is 0 Å². The number of carbonyl (C=O) groups excluding carboxylic acids is 1. The number of hydrogen-bond donors (Lipinski definition) is 1. The van der Waals surface area contributed by atoms with Gasteiger partial charge < -0.3 is 14.3 Å². The fraction of sp³-hybridized carbons (Fsp3) is 0.263. The van der Waals surface area contributed by atoms with Crippen LogP contribution in [-0.4, -0.2) is 31.8 Å². The monoisotopic (exact) mass is 397 g/mol. The van der Waals surface area contributed by atoms with Crippen LogP contribution >= 0.6 is 11.3 Å². The first-order valence-electron chi connectivity index (χ1n) is 8.92. The highest BCUT2D eigenvalue weighted by Crippen LogP contribution is 2.21. The molecule has 0 aliphatic heterocycles. The van der Waals surface area contributed by atoms with Crippen LogP contribution in [0.25, 0.3) is 21.8 Å². The minimum absolute atomic E-state index is 0.144. The average molecular weight is 397 g/mol. The van der Waals surface area contributed by atoms with E-state index in [1.807, 2.05) is 48.7 Å². The summed E-state index contributed by atoms with van der Waals surface area (Å²) in [6.07, 6.45) is 0.153. The van der Waals surface area contributed by atoms with Crippen LogP contribution in [0.15, 0.2) is 51.0 Å². The second kappa shape index (κ2) is 7.81. The van der Waals surface area contributed by atoms with Gasteiger partial charge in [-0.3, -0.25) is 4.79 Å². The summed E-state index contributed by atoms with van der Waals surface area (Å²) in [6.45, 7) is 3.23. The van der Waals surface area contributed by atoms with Crippen LogP contribution in [0.2, 0.25) is 0 Å². The Hall–Kier alpha value is -3.20. The normalized spacial score (nSPS) is 11.2. The number of aromatic nitrogens is 4. The maximum absolute atomic E-state index is 12.1. The van der Waals surface area contributed by atoms with Crippen molar-refractivity contribution in [2.45, 2.75) is 26.4 Å². The fourth-order valence-electron chi connectivity index (χ4n) is 3.03. The lowest BCUT2D eigenvalue weighted by Crippen LogP contribution is -2.29. The van der Waals surface area contributed by atoms with E-state index < -0.39 is 5.76 Å². The van der Waals surface area contributed by atoms with Gasteiger partial charge in [0.1, 0.15) is 5.82 Å². The minimum Gasteiger partial charge on any atom is -0.387 e. The highest BCUT2D eigenvalue weighted by atomic mass is 32.1. The Bertz CT molecular complexity index is 1160. The molecule has 0 radical (unpaired) electrons. The molecule has 0 saturated heterocycles. The smallest absolute Gasteiger partial charge is 0.387 e. The maximum atomic E-state index is 12.1. The number of nitrogens with zero attached hydrogens (tertiary/aromatic N) is 4. The molecule has 28 heavy (non-hydrogen) atoms. The Kier molecular flexibility index (Phi) is 5.07. The number of amides is 1. The van der Waals surface area contributed by atoms with Crippen LogP contribution in [0.5, 0.6) is 0 Å². The third-order valence-corrected chi connectivity index (χ3v) is 5.25. The molecule has 0 unspecified atom stereocenters. The minimum atomic E-state index is -0.559. The van der Waals surface area contributed by atoms with Gasteiger partial charge in [-0.1, -0.05) is 18.2 Å². The van der Waals surface area contributed by atoms with E-state index in [1.54, 1.807) is 0 Å². The average Bonchev–Trinajstić information content (AvgIpc) is 3.40. The molecule has 0 bridgehead atoms. The zero-order chi connectivity index (χ0) is 19.5. The van der Waals surface area contributed by atoms with Crippen molar-refractivity contribution >= 4 is 28.3 Å². The molecule has 1 N–H and O–H groups in total. The van der Waals surface area contributed by atoms with E-state index >= 15 is 0 Å². The van der Waals surface area contributed by atoms with Gasteiger partial charge in [0.15, 0.2) is 0 Å². The number of carbonyl (C=O) groups is 1. The second-order valence-corrected chi connectivity index (χ2v) is 7.22. The van der Waals surface area contributed by atoms with Crippen molar-refractivity contribution in [1.82, 2.24) is 24.6 Å². The van der Waals surface area contributed by atoms with E-state index in [9.17, 15) is 9.59 Å². The number of imidazole rings is 1. The first-order valence-corrected chi connectivity index (χ1v) is 9.80. The van der Waals surface area contributed by atoms with E-state index in [2.05, 4.69) is 20.0 Å². The van der Waals surface area contributed by atoms with Gasteiger partial charge in [-0.05, 0) is 30.5 Å². The van der Waals surface area contributed by atoms with Gasteiger partial charge in [0, 0.05) is 19.5 Å². The van der Waals surface area contributed by atoms with Gasteiger partial charge in [0.25, 0.3) is 5.89 Å². The molecule has 0 fully saturated rings. The fourth-order valence-corrected chi connectivity index (χ4v) is 3.67. The van der Waals surface area contributed by atoms with Crippen LogP contribution in [0.4, 0.5) is 0 Å². The first-order chi connectivity index (χ1) is 13.6. The standard InChI is InChI=1S/C19H19N5O3S/c1-13-21-14-5-2-3-6-15(14)23(13)11-9-20-17(25)8-10-24-19(26)27-18(22-24)16-7-4-12-28-16/h2-7,12H,8-11H2,1H3,(H,20,25). The van der Waals surface area contributed by atoms with Gasteiger partial charge in [-0.2, -0.15) is 4.68 Å². The lowest BCUT2D eigenvalue weighted by molar-refractivity contribution is -0.121. The molecular weight excluding hydrogens is 378 g/mol. The predicted octanol–water partition coefficient (Wildman–Crippen LogP) is 2.43. The van der Waals surface area contributed by atoms with Crippen molar-refractivity contribution < 1.29 is 9.21 Å². The molecule has 0 saturated carbocycles. The molecule has 0 aliphatic rings. The summed E-state index contributed by atoms with van der Waals surface area (Å²) < 4.78 is 8.40. The summed E-state index contributed by atoms with van der Waals surface area (Å²) in [4.78, 5) is 29.3. The number of rotatable bonds is 7. The summed E-state index contributed by atoms with van der Waals surface area (Å²) in [7, 11) is 0. The molecule has 4 rings (SSSR count). The van der Waals surface area contributed by atoms with Gasteiger partial charge in [0.2, 0.25) is 5.91 Å². The van der Waals surface area contributed by atoms with Crippen molar-refractivity contribution in [3.63, 3.8) is 0 Å². The summed E-state index contributed by atoms with van der Waals surface area (Å²) >= 11 is 1.44. The Morgan fingerprint density at radius 2 is 2.07 bits per heavy atom. The van der Waals surface area contributed by atoms with E-state index in [0.717, 1.165) is 21.7 Å².